The molecule has 0 atom stereocenters. The van der Waals surface area contributed by atoms with Crippen LogP contribution in [0.1, 0.15) is 10.4 Å². The molecular formula is C15H19N3O3. The number of nitrogens with zero attached hydrogens (tertiary/aromatic N) is 1. The third-order valence-electron chi connectivity index (χ3n) is 2.67. The standard InChI is InChI=1S/C15H19N3O3/c1-3-9-18(10-4-2)14(19)11-21-13-8-6-5-7-12(13)15(20)17-16/h3-8H,1-2,9-11,16H2,(H,17,20). The third-order valence-corrected chi connectivity index (χ3v) is 2.67. The van der Waals surface area contributed by atoms with Crippen molar-refractivity contribution in [1.29, 1.82) is 0 Å². The van der Waals surface area contributed by atoms with Crippen LogP contribution < -0.4 is 16.0 Å². The molecule has 0 saturated heterocycles. The molecule has 0 aliphatic carbocycles. The summed E-state index contributed by atoms with van der Waals surface area (Å²) in [5, 5.41) is 0. The zero-order valence-electron chi connectivity index (χ0n) is 11.7. The quantitative estimate of drug-likeness (QED) is 0.322. The summed E-state index contributed by atoms with van der Waals surface area (Å²) in [7, 11) is 0. The molecule has 0 saturated carbocycles. The summed E-state index contributed by atoms with van der Waals surface area (Å²) in [5.74, 6) is 4.70. The van der Waals surface area contributed by atoms with Crippen LogP contribution in [0.15, 0.2) is 49.6 Å². The van der Waals surface area contributed by atoms with Crippen molar-refractivity contribution in [3.05, 3.63) is 55.1 Å². The molecule has 2 amide bonds. The number of benzene rings is 1. The lowest BCUT2D eigenvalue weighted by atomic mass is 10.2. The van der Waals surface area contributed by atoms with Crippen molar-refractivity contribution in [2.45, 2.75) is 0 Å². The van der Waals surface area contributed by atoms with Crippen molar-refractivity contribution in [1.82, 2.24) is 10.3 Å². The molecule has 1 aromatic rings. The molecule has 0 unspecified atom stereocenters. The highest BCUT2D eigenvalue weighted by molar-refractivity contribution is 5.96. The fourth-order valence-corrected chi connectivity index (χ4v) is 1.68. The Balaban J connectivity index is 2.74. The van der Waals surface area contributed by atoms with Gasteiger partial charge in [0.05, 0.1) is 5.56 Å². The summed E-state index contributed by atoms with van der Waals surface area (Å²) in [6.07, 6.45) is 3.24. The van der Waals surface area contributed by atoms with E-state index in [1.165, 1.54) is 4.90 Å². The van der Waals surface area contributed by atoms with Crippen molar-refractivity contribution in [3.8, 4) is 5.75 Å². The van der Waals surface area contributed by atoms with Crippen LogP contribution in [0.2, 0.25) is 0 Å². The van der Waals surface area contributed by atoms with Gasteiger partial charge in [0.15, 0.2) is 6.61 Å². The first kappa shape index (κ1) is 16.5. The molecular weight excluding hydrogens is 270 g/mol. The first-order chi connectivity index (χ1) is 10.1. The summed E-state index contributed by atoms with van der Waals surface area (Å²) >= 11 is 0. The molecule has 0 spiro atoms. The minimum absolute atomic E-state index is 0.184. The number of hydrogen-bond donors (Lipinski definition) is 2. The van der Waals surface area contributed by atoms with E-state index in [-0.39, 0.29) is 18.1 Å². The van der Waals surface area contributed by atoms with Gasteiger partial charge in [-0.05, 0) is 12.1 Å². The van der Waals surface area contributed by atoms with E-state index >= 15 is 0 Å². The number of carbonyl (C=O) groups excluding carboxylic acids is 2. The van der Waals surface area contributed by atoms with E-state index in [0.29, 0.717) is 18.8 Å². The molecule has 0 fully saturated rings. The lowest BCUT2D eigenvalue weighted by Gasteiger charge is -2.19. The Kier molecular flexibility index (Phi) is 6.70. The Bertz CT molecular complexity index is 519. The fourth-order valence-electron chi connectivity index (χ4n) is 1.68. The summed E-state index contributed by atoms with van der Waals surface area (Å²) < 4.78 is 5.42. The second-order valence-corrected chi connectivity index (χ2v) is 4.13. The number of para-hydroxylation sites is 1. The molecule has 1 aromatic carbocycles. The van der Waals surface area contributed by atoms with E-state index in [9.17, 15) is 9.59 Å². The molecule has 0 aliphatic heterocycles. The van der Waals surface area contributed by atoms with Crippen molar-refractivity contribution < 1.29 is 14.3 Å². The van der Waals surface area contributed by atoms with Crippen LogP contribution in [-0.2, 0) is 4.79 Å². The number of nitrogens with two attached hydrogens (primary N) is 1. The van der Waals surface area contributed by atoms with Crippen molar-refractivity contribution in [2.75, 3.05) is 19.7 Å². The predicted octanol–water partition coefficient (Wildman–Crippen LogP) is 0.870. The van der Waals surface area contributed by atoms with Crippen LogP contribution in [0, 0.1) is 0 Å². The molecule has 0 radical (unpaired) electrons. The number of ether oxygens (including phenoxy) is 1. The molecule has 0 aromatic heterocycles. The van der Waals surface area contributed by atoms with E-state index in [2.05, 4.69) is 13.2 Å². The van der Waals surface area contributed by atoms with Crippen LogP contribution in [0.5, 0.6) is 5.75 Å². The largest absolute Gasteiger partial charge is 0.483 e. The highest BCUT2D eigenvalue weighted by atomic mass is 16.5. The number of amides is 2. The van der Waals surface area contributed by atoms with Crippen LogP contribution in [0.3, 0.4) is 0 Å². The Morgan fingerprint density at radius 2 is 1.86 bits per heavy atom. The molecule has 0 bridgehead atoms. The van der Waals surface area contributed by atoms with E-state index in [1.54, 1.807) is 36.4 Å². The minimum atomic E-state index is -0.480. The summed E-state index contributed by atoms with van der Waals surface area (Å²) in [6.45, 7) is 7.81. The molecule has 0 aliphatic rings. The number of hydrogen-bond acceptors (Lipinski definition) is 4. The maximum atomic E-state index is 12.0. The minimum Gasteiger partial charge on any atom is -0.483 e. The van der Waals surface area contributed by atoms with E-state index < -0.39 is 5.91 Å². The van der Waals surface area contributed by atoms with Gasteiger partial charge in [-0.1, -0.05) is 24.3 Å². The van der Waals surface area contributed by atoms with Gasteiger partial charge in [0.25, 0.3) is 11.8 Å². The number of nitrogen functional groups attached to an aromatic ring is 1. The highest BCUT2D eigenvalue weighted by Crippen LogP contribution is 2.17. The second kappa shape index (κ2) is 8.55. The molecule has 6 heteroatoms. The zero-order chi connectivity index (χ0) is 15.7. The Labute approximate surface area is 123 Å². The van der Waals surface area contributed by atoms with Crippen LogP contribution >= 0.6 is 0 Å². The van der Waals surface area contributed by atoms with Crippen molar-refractivity contribution >= 4 is 11.8 Å². The van der Waals surface area contributed by atoms with E-state index in [0.717, 1.165) is 0 Å². The third kappa shape index (κ3) is 4.77. The Morgan fingerprint density at radius 1 is 1.24 bits per heavy atom. The van der Waals surface area contributed by atoms with Gasteiger partial charge in [0.2, 0.25) is 0 Å². The Morgan fingerprint density at radius 3 is 2.43 bits per heavy atom. The first-order valence-corrected chi connectivity index (χ1v) is 6.36. The van der Waals surface area contributed by atoms with Gasteiger partial charge < -0.3 is 9.64 Å². The lowest BCUT2D eigenvalue weighted by molar-refractivity contribution is -0.132. The topological polar surface area (TPSA) is 84.7 Å². The fraction of sp³-hybridized carbons (Fsp3) is 0.200. The zero-order valence-corrected chi connectivity index (χ0v) is 11.7. The van der Waals surface area contributed by atoms with Crippen molar-refractivity contribution in [3.63, 3.8) is 0 Å². The van der Waals surface area contributed by atoms with Gasteiger partial charge in [-0.3, -0.25) is 15.0 Å². The van der Waals surface area contributed by atoms with E-state index in [1.807, 2.05) is 5.43 Å². The van der Waals surface area contributed by atoms with Gasteiger partial charge in [-0.2, -0.15) is 0 Å². The molecule has 6 nitrogen and oxygen atoms in total. The maximum Gasteiger partial charge on any atom is 0.268 e. The molecule has 112 valence electrons. The van der Waals surface area contributed by atoms with Gasteiger partial charge >= 0.3 is 0 Å². The molecule has 21 heavy (non-hydrogen) atoms. The average Bonchev–Trinajstić information content (AvgIpc) is 2.52. The van der Waals surface area contributed by atoms with Crippen LogP contribution in [-0.4, -0.2) is 36.4 Å². The summed E-state index contributed by atoms with van der Waals surface area (Å²) in [4.78, 5) is 25.1. The van der Waals surface area contributed by atoms with Crippen LogP contribution in [0.25, 0.3) is 0 Å². The number of rotatable bonds is 8. The van der Waals surface area contributed by atoms with Gasteiger partial charge in [-0.15, -0.1) is 13.2 Å². The van der Waals surface area contributed by atoms with Gasteiger partial charge in [0.1, 0.15) is 5.75 Å². The van der Waals surface area contributed by atoms with Crippen molar-refractivity contribution in [2.24, 2.45) is 5.84 Å². The second-order valence-electron chi connectivity index (χ2n) is 4.13. The highest BCUT2D eigenvalue weighted by Gasteiger charge is 2.15. The monoisotopic (exact) mass is 289 g/mol. The van der Waals surface area contributed by atoms with E-state index in [4.69, 9.17) is 10.6 Å². The molecule has 1 rings (SSSR count). The summed E-state index contributed by atoms with van der Waals surface area (Å²) in [6, 6.07) is 6.55. The van der Waals surface area contributed by atoms with Gasteiger partial charge in [0, 0.05) is 13.1 Å². The van der Waals surface area contributed by atoms with Crippen LogP contribution in [0.4, 0.5) is 0 Å². The number of carbonyl (C=O) groups is 2. The SMILES string of the molecule is C=CCN(CC=C)C(=O)COc1ccccc1C(=O)NN. The molecule has 3 N–H and O–H groups in total. The smallest absolute Gasteiger partial charge is 0.268 e. The number of nitrogens with one attached hydrogen (secondary N) is 1. The normalized spacial score (nSPS) is 9.57. The summed E-state index contributed by atoms with van der Waals surface area (Å²) in [5.41, 5.74) is 2.30. The lowest BCUT2D eigenvalue weighted by Crippen LogP contribution is -2.35. The Hall–Kier alpha value is -2.60. The predicted molar refractivity (Wildman–Crippen MR) is 80.6 cm³/mol. The maximum absolute atomic E-state index is 12.0. The first-order valence-electron chi connectivity index (χ1n) is 6.36. The number of hydrazine groups is 1. The average molecular weight is 289 g/mol. The molecule has 0 heterocycles. The van der Waals surface area contributed by atoms with Gasteiger partial charge in [-0.25, -0.2) is 5.84 Å².